The molecule has 2 rings (SSSR count). The number of halogens is 2. The summed E-state index contributed by atoms with van der Waals surface area (Å²) >= 11 is 0. The first kappa shape index (κ1) is 17.4. The summed E-state index contributed by atoms with van der Waals surface area (Å²) in [6, 6.07) is 0. The van der Waals surface area contributed by atoms with Crippen molar-refractivity contribution in [2.24, 2.45) is 5.41 Å². The van der Waals surface area contributed by atoms with Crippen LogP contribution in [0.3, 0.4) is 0 Å². The standard InChI is InChI=1S/C16H27F2NO3/c1-14(2,3)22-13(20)19-10-8-15(9-11-19)4-6-16(21,7-5-15)12(17)18/h12,21H,4-11H2,1-3H3. The van der Waals surface area contributed by atoms with Gasteiger partial charge in [0.1, 0.15) is 11.2 Å². The lowest BCUT2D eigenvalue weighted by atomic mass is 9.64. The smallest absolute Gasteiger partial charge is 0.410 e. The molecule has 1 heterocycles. The van der Waals surface area contributed by atoms with E-state index in [0.717, 1.165) is 12.8 Å². The molecule has 2 aliphatic rings. The topological polar surface area (TPSA) is 49.8 Å². The van der Waals surface area contributed by atoms with Gasteiger partial charge in [-0.2, -0.15) is 0 Å². The predicted molar refractivity (Wildman–Crippen MR) is 78.9 cm³/mol. The highest BCUT2D eigenvalue weighted by molar-refractivity contribution is 5.68. The fourth-order valence-corrected chi connectivity index (χ4v) is 3.42. The van der Waals surface area contributed by atoms with E-state index < -0.39 is 17.6 Å². The van der Waals surface area contributed by atoms with Crippen LogP contribution in [0.2, 0.25) is 0 Å². The van der Waals surface area contributed by atoms with E-state index >= 15 is 0 Å². The molecule has 0 bridgehead atoms. The van der Waals surface area contributed by atoms with E-state index in [1.807, 2.05) is 20.8 Å². The number of nitrogens with zero attached hydrogens (tertiary/aromatic N) is 1. The minimum Gasteiger partial charge on any atom is -0.444 e. The lowest BCUT2D eigenvalue weighted by Crippen LogP contribution is -2.50. The first-order valence-electron chi connectivity index (χ1n) is 8.04. The van der Waals surface area contributed by atoms with Crippen molar-refractivity contribution in [3.8, 4) is 0 Å². The van der Waals surface area contributed by atoms with Crippen molar-refractivity contribution >= 4 is 6.09 Å². The largest absolute Gasteiger partial charge is 0.444 e. The third-order valence-corrected chi connectivity index (χ3v) is 5.06. The Bertz CT molecular complexity index is 402. The van der Waals surface area contributed by atoms with E-state index in [1.165, 1.54) is 0 Å². The molecule has 0 aromatic heterocycles. The van der Waals surface area contributed by atoms with Gasteiger partial charge < -0.3 is 14.7 Å². The Labute approximate surface area is 130 Å². The molecular weight excluding hydrogens is 292 g/mol. The quantitative estimate of drug-likeness (QED) is 0.804. The molecule has 1 spiro atoms. The molecule has 0 aromatic rings. The van der Waals surface area contributed by atoms with Crippen LogP contribution in [0.1, 0.15) is 59.3 Å². The number of carbonyl (C=O) groups is 1. The molecule has 1 amide bonds. The van der Waals surface area contributed by atoms with Crippen molar-refractivity contribution in [3.63, 3.8) is 0 Å². The number of amides is 1. The van der Waals surface area contributed by atoms with E-state index in [4.69, 9.17) is 4.74 Å². The molecule has 0 radical (unpaired) electrons. The van der Waals surface area contributed by atoms with Crippen LogP contribution >= 0.6 is 0 Å². The maximum Gasteiger partial charge on any atom is 0.410 e. The van der Waals surface area contributed by atoms with Crippen LogP contribution in [0.25, 0.3) is 0 Å². The Morgan fingerprint density at radius 3 is 2.00 bits per heavy atom. The van der Waals surface area contributed by atoms with Gasteiger partial charge in [0, 0.05) is 13.1 Å². The second-order valence-electron chi connectivity index (χ2n) is 7.87. The third-order valence-electron chi connectivity index (χ3n) is 5.06. The molecule has 1 N–H and O–H groups in total. The molecule has 2 fully saturated rings. The maximum absolute atomic E-state index is 12.9. The number of hydrogen-bond acceptors (Lipinski definition) is 3. The van der Waals surface area contributed by atoms with Crippen LogP contribution in [-0.4, -0.2) is 46.8 Å². The second-order valence-corrected chi connectivity index (χ2v) is 7.87. The van der Waals surface area contributed by atoms with Gasteiger partial charge in [-0.1, -0.05) is 0 Å². The molecule has 1 aliphatic heterocycles. The van der Waals surface area contributed by atoms with Crippen molar-refractivity contribution in [1.29, 1.82) is 0 Å². The molecular formula is C16H27F2NO3. The van der Waals surface area contributed by atoms with Gasteiger partial charge in [0.15, 0.2) is 0 Å². The van der Waals surface area contributed by atoms with Gasteiger partial charge in [0.25, 0.3) is 6.43 Å². The molecule has 128 valence electrons. The summed E-state index contributed by atoms with van der Waals surface area (Å²) in [5.41, 5.74) is -2.32. The van der Waals surface area contributed by atoms with Gasteiger partial charge in [0.05, 0.1) is 0 Å². The van der Waals surface area contributed by atoms with Crippen molar-refractivity contribution in [2.75, 3.05) is 13.1 Å². The summed E-state index contributed by atoms with van der Waals surface area (Å²) in [4.78, 5) is 13.7. The van der Waals surface area contributed by atoms with Crippen LogP contribution in [0.4, 0.5) is 13.6 Å². The highest BCUT2D eigenvalue weighted by atomic mass is 19.3. The summed E-state index contributed by atoms with van der Waals surface area (Å²) < 4.78 is 31.1. The van der Waals surface area contributed by atoms with E-state index in [1.54, 1.807) is 4.90 Å². The molecule has 1 aliphatic carbocycles. The summed E-state index contributed by atoms with van der Waals surface area (Å²) in [6.07, 6.45) is 0.131. The zero-order valence-corrected chi connectivity index (χ0v) is 13.7. The van der Waals surface area contributed by atoms with Crippen LogP contribution in [-0.2, 0) is 4.74 Å². The van der Waals surface area contributed by atoms with E-state index in [2.05, 4.69) is 0 Å². The normalized spacial score (nSPS) is 24.6. The van der Waals surface area contributed by atoms with Gasteiger partial charge in [-0.3, -0.25) is 0 Å². The van der Waals surface area contributed by atoms with Crippen LogP contribution in [0.5, 0.6) is 0 Å². The van der Waals surface area contributed by atoms with E-state index in [0.29, 0.717) is 25.9 Å². The van der Waals surface area contributed by atoms with Gasteiger partial charge >= 0.3 is 6.09 Å². The fraction of sp³-hybridized carbons (Fsp3) is 0.938. The number of hydrogen-bond donors (Lipinski definition) is 1. The minimum absolute atomic E-state index is 0.000365. The molecule has 0 atom stereocenters. The third kappa shape index (κ3) is 3.89. The maximum atomic E-state index is 12.9. The van der Waals surface area contributed by atoms with E-state index in [-0.39, 0.29) is 24.3 Å². The highest BCUT2D eigenvalue weighted by Crippen LogP contribution is 2.49. The average Bonchev–Trinajstić information content (AvgIpc) is 2.41. The Balaban J connectivity index is 1.87. The Morgan fingerprint density at radius 1 is 1.09 bits per heavy atom. The molecule has 1 saturated carbocycles. The predicted octanol–water partition coefficient (Wildman–Crippen LogP) is 3.57. The Kier molecular flexibility index (Phi) is 4.71. The Morgan fingerprint density at radius 2 is 1.59 bits per heavy atom. The highest BCUT2D eigenvalue weighted by Gasteiger charge is 2.48. The number of rotatable bonds is 1. The number of aliphatic hydroxyl groups is 1. The van der Waals surface area contributed by atoms with Crippen molar-refractivity contribution in [1.82, 2.24) is 4.90 Å². The number of carbonyl (C=O) groups excluding carboxylic acids is 1. The summed E-state index contributed by atoms with van der Waals surface area (Å²) in [6.45, 7) is 6.71. The first-order chi connectivity index (χ1) is 10.1. The zero-order chi connectivity index (χ0) is 16.6. The monoisotopic (exact) mass is 319 g/mol. The van der Waals surface area contributed by atoms with Gasteiger partial charge in [0.2, 0.25) is 0 Å². The number of piperidine rings is 1. The van der Waals surface area contributed by atoms with Crippen molar-refractivity contribution < 1.29 is 23.4 Å². The van der Waals surface area contributed by atoms with Crippen LogP contribution < -0.4 is 0 Å². The van der Waals surface area contributed by atoms with Gasteiger partial charge in [-0.05, 0) is 64.7 Å². The average molecular weight is 319 g/mol. The summed E-state index contributed by atoms with van der Waals surface area (Å²) in [5, 5.41) is 9.90. The minimum atomic E-state index is -2.67. The fourth-order valence-electron chi connectivity index (χ4n) is 3.42. The summed E-state index contributed by atoms with van der Waals surface area (Å²) in [7, 11) is 0. The van der Waals surface area contributed by atoms with Crippen molar-refractivity contribution in [3.05, 3.63) is 0 Å². The summed E-state index contributed by atoms with van der Waals surface area (Å²) in [5.74, 6) is 0. The van der Waals surface area contributed by atoms with Crippen LogP contribution in [0, 0.1) is 5.41 Å². The van der Waals surface area contributed by atoms with Gasteiger partial charge in [-0.15, -0.1) is 0 Å². The molecule has 22 heavy (non-hydrogen) atoms. The lowest BCUT2D eigenvalue weighted by molar-refractivity contribution is -0.138. The molecule has 6 heteroatoms. The number of likely N-dealkylation sites (tertiary alicyclic amines) is 1. The second kappa shape index (κ2) is 5.95. The Hall–Kier alpha value is -0.910. The molecule has 0 unspecified atom stereocenters. The van der Waals surface area contributed by atoms with Crippen LogP contribution in [0.15, 0.2) is 0 Å². The molecule has 0 aromatic carbocycles. The van der Waals surface area contributed by atoms with Crippen molar-refractivity contribution in [2.45, 2.75) is 76.9 Å². The first-order valence-corrected chi connectivity index (χ1v) is 8.04. The molecule has 1 saturated heterocycles. The van der Waals surface area contributed by atoms with Gasteiger partial charge in [-0.25, -0.2) is 13.6 Å². The van der Waals surface area contributed by atoms with E-state index in [9.17, 15) is 18.7 Å². The SMILES string of the molecule is CC(C)(C)OC(=O)N1CCC2(CC1)CCC(O)(C(F)F)CC2. The number of alkyl halides is 2. The molecule has 4 nitrogen and oxygen atoms in total. The zero-order valence-electron chi connectivity index (χ0n) is 13.7. The lowest BCUT2D eigenvalue weighted by Gasteiger charge is -2.48. The number of ether oxygens (including phenoxy) is 1.